The molecule has 2 aromatic rings. The van der Waals surface area contributed by atoms with Gasteiger partial charge in [0.05, 0.1) is 19.0 Å². The maximum Gasteiger partial charge on any atom is 0.0641 e. The highest BCUT2D eigenvalue weighted by Gasteiger charge is 2.09. The van der Waals surface area contributed by atoms with Gasteiger partial charge in [-0.3, -0.25) is 4.68 Å². The van der Waals surface area contributed by atoms with E-state index in [1.54, 1.807) is 6.20 Å². The van der Waals surface area contributed by atoms with Gasteiger partial charge < -0.3 is 5.32 Å². The molecule has 1 aromatic carbocycles. The standard InChI is InChI=1S/C14H16N4/c15-8-7-14(13-5-2-1-3-6-13)16-10-12-18-11-4-9-17-18/h1-6,9,11,14,16H,7,10,12H2. The Morgan fingerprint density at radius 1 is 1.28 bits per heavy atom. The van der Waals surface area contributed by atoms with Crippen molar-refractivity contribution in [1.29, 1.82) is 5.26 Å². The van der Waals surface area contributed by atoms with E-state index < -0.39 is 0 Å². The van der Waals surface area contributed by atoms with Gasteiger partial charge in [0.15, 0.2) is 0 Å². The zero-order valence-electron chi connectivity index (χ0n) is 10.2. The number of benzene rings is 1. The molecule has 4 nitrogen and oxygen atoms in total. The van der Waals surface area contributed by atoms with E-state index in [2.05, 4.69) is 16.5 Å². The van der Waals surface area contributed by atoms with Crippen molar-refractivity contribution < 1.29 is 0 Å². The van der Waals surface area contributed by atoms with Crippen molar-refractivity contribution in [2.24, 2.45) is 0 Å². The van der Waals surface area contributed by atoms with Crippen molar-refractivity contribution in [3.63, 3.8) is 0 Å². The largest absolute Gasteiger partial charge is 0.307 e. The van der Waals surface area contributed by atoms with Gasteiger partial charge >= 0.3 is 0 Å². The van der Waals surface area contributed by atoms with Crippen molar-refractivity contribution in [2.45, 2.75) is 19.0 Å². The van der Waals surface area contributed by atoms with Crippen LogP contribution in [0.5, 0.6) is 0 Å². The first-order valence-electron chi connectivity index (χ1n) is 6.03. The lowest BCUT2D eigenvalue weighted by molar-refractivity contribution is 0.490. The molecular weight excluding hydrogens is 224 g/mol. The predicted molar refractivity (Wildman–Crippen MR) is 69.6 cm³/mol. The first-order valence-corrected chi connectivity index (χ1v) is 6.03. The van der Waals surface area contributed by atoms with E-state index in [9.17, 15) is 0 Å². The molecule has 0 aliphatic rings. The van der Waals surface area contributed by atoms with Crippen LogP contribution in [0.3, 0.4) is 0 Å². The number of hydrogen-bond acceptors (Lipinski definition) is 3. The Labute approximate surface area is 107 Å². The van der Waals surface area contributed by atoms with Gasteiger partial charge in [0.2, 0.25) is 0 Å². The lowest BCUT2D eigenvalue weighted by Gasteiger charge is -2.16. The highest BCUT2D eigenvalue weighted by Crippen LogP contribution is 2.15. The summed E-state index contributed by atoms with van der Waals surface area (Å²) in [7, 11) is 0. The Bertz CT molecular complexity index is 484. The normalized spacial score (nSPS) is 11.9. The number of nitriles is 1. The summed E-state index contributed by atoms with van der Waals surface area (Å²) in [4.78, 5) is 0. The van der Waals surface area contributed by atoms with Gasteiger partial charge in [-0.2, -0.15) is 10.4 Å². The minimum atomic E-state index is 0.0896. The van der Waals surface area contributed by atoms with Crippen LogP contribution in [0.1, 0.15) is 18.0 Å². The molecule has 0 fully saturated rings. The molecule has 0 spiro atoms. The number of rotatable bonds is 6. The summed E-state index contributed by atoms with van der Waals surface area (Å²) in [6.07, 6.45) is 4.18. The molecule has 1 atom stereocenters. The lowest BCUT2D eigenvalue weighted by Crippen LogP contribution is -2.25. The van der Waals surface area contributed by atoms with Gasteiger partial charge in [0.25, 0.3) is 0 Å². The Hall–Kier alpha value is -2.12. The van der Waals surface area contributed by atoms with E-state index in [4.69, 9.17) is 5.26 Å². The van der Waals surface area contributed by atoms with E-state index in [-0.39, 0.29) is 6.04 Å². The maximum absolute atomic E-state index is 8.87. The first-order chi connectivity index (χ1) is 8.90. The van der Waals surface area contributed by atoms with Gasteiger partial charge in [0, 0.05) is 25.0 Å². The molecule has 1 aromatic heterocycles. The van der Waals surface area contributed by atoms with Crippen LogP contribution in [0.15, 0.2) is 48.8 Å². The molecule has 0 aliphatic heterocycles. The van der Waals surface area contributed by atoms with E-state index in [1.165, 1.54) is 0 Å². The molecule has 0 saturated heterocycles. The van der Waals surface area contributed by atoms with Gasteiger partial charge in [-0.25, -0.2) is 0 Å². The second kappa shape index (κ2) is 6.58. The van der Waals surface area contributed by atoms with Crippen LogP contribution in [0.4, 0.5) is 0 Å². The third-order valence-corrected chi connectivity index (χ3v) is 2.79. The van der Waals surface area contributed by atoms with Crippen LogP contribution in [0, 0.1) is 11.3 Å². The molecule has 1 unspecified atom stereocenters. The first kappa shape index (κ1) is 12.3. The minimum absolute atomic E-state index is 0.0896. The molecule has 18 heavy (non-hydrogen) atoms. The Morgan fingerprint density at radius 3 is 2.78 bits per heavy atom. The third-order valence-electron chi connectivity index (χ3n) is 2.79. The van der Waals surface area contributed by atoms with E-state index >= 15 is 0 Å². The van der Waals surface area contributed by atoms with Crippen molar-refractivity contribution in [2.75, 3.05) is 6.54 Å². The second-order valence-electron chi connectivity index (χ2n) is 4.05. The van der Waals surface area contributed by atoms with Crippen molar-refractivity contribution in [1.82, 2.24) is 15.1 Å². The molecule has 0 bridgehead atoms. The second-order valence-corrected chi connectivity index (χ2v) is 4.05. The van der Waals surface area contributed by atoms with E-state index in [0.717, 1.165) is 18.7 Å². The summed E-state index contributed by atoms with van der Waals surface area (Å²) >= 11 is 0. The molecular formula is C14H16N4. The molecule has 4 heteroatoms. The summed E-state index contributed by atoms with van der Waals surface area (Å²) < 4.78 is 1.88. The quantitative estimate of drug-likeness (QED) is 0.841. The van der Waals surface area contributed by atoms with Crippen LogP contribution in [-0.2, 0) is 6.54 Å². The predicted octanol–water partition coefficient (Wildman–Crippen LogP) is 2.13. The zero-order chi connectivity index (χ0) is 12.6. The summed E-state index contributed by atoms with van der Waals surface area (Å²) in [5.74, 6) is 0. The topological polar surface area (TPSA) is 53.6 Å². The molecule has 0 aliphatic carbocycles. The van der Waals surface area contributed by atoms with Crippen LogP contribution in [-0.4, -0.2) is 16.3 Å². The average molecular weight is 240 g/mol. The number of aromatic nitrogens is 2. The SMILES string of the molecule is N#CCC(NCCn1cccn1)c1ccccc1. The maximum atomic E-state index is 8.87. The Morgan fingerprint density at radius 2 is 2.11 bits per heavy atom. The smallest absolute Gasteiger partial charge is 0.0641 e. The Kier molecular flexibility index (Phi) is 4.51. The van der Waals surface area contributed by atoms with Gasteiger partial charge in [-0.1, -0.05) is 30.3 Å². The molecule has 0 amide bonds. The van der Waals surface area contributed by atoms with E-state index in [1.807, 2.05) is 47.3 Å². The molecule has 1 heterocycles. The van der Waals surface area contributed by atoms with Crippen LogP contribution in [0.25, 0.3) is 0 Å². The minimum Gasteiger partial charge on any atom is -0.307 e. The Balaban J connectivity index is 1.89. The van der Waals surface area contributed by atoms with Crippen LogP contribution < -0.4 is 5.32 Å². The van der Waals surface area contributed by atoms with E-state index in [0.29, 0.717) is 6.42 Å². The average Bonchev–Trinajstić information content (AvgIpc) is 2.92. The molecule has 92 valence electrons. The molecule has 0 radical (unpaired) electrons. The molecule has 2 rings (SSSR count). The zero-order valence-corrected chi connectivity index (χ0v) is 10.2. The van der Waals surface area contributed by atoms with Gasteiger partial charge in [0.1, 0.15) is 0 Å². The number of nitrogens with zero attached hydrogens (tertiary/aromatic N) is 3. The fourth-order valence-corrected chi connectivity index (χ4v) is 1.87. The van der Waals surface area contributed by atoms with Crippen LogP contribution in [0.2, 0.25) is 0 Å². The van der Waals surface area contributed by atoms with Crippen molar-refractivity contribution in [3.05, 3.63) is 54.4 Å². The summed E-state index contributed by atoms with van der Waals surface area (Å²) in [6.45, 7) is 1.60. The van der Waals surface area contributed by atoms with Crippen molar-refractivity contribution in [3.8, 4) is 6.07 Å². The monoisotopic (exact) mass is 240 g/mol. The van der Waals surface area contributed by atoms with Gasteiger partial charge in [-0.05, 0) is 11.6 Å². The fourth-order valence-electron chi connectivity index (χ4n) is 1.87. The highest BCUT2D eigenvalue weighted by atomic mass is 15.3. The fraction of sp³-hybridized carbons (Fsp3) is 0.286. The van der Waals surface area contributed by atoms with Gasteiger partial charge in [-0.15, -0.1) is 0 Å². The summed E-state index contributed by atoms with van der Waals surface area (Å²) in [5, 5.41) is 16.4. The summed E-state index contributed by atoms with van der Waals surface area (Å²) in [6, 6.07) is 14.3. The lowest BCUT2D eigenvalue weighted by atomic mass is 10.0. The number of hydrogen-bond donors (Lipinski definition) is 1. The third kappa shape index (κ3) is 3.44. The molecule has 0 saturated carbocycles. The van der Waals surface area contributed by atoms with Crippen LogP contribution >= 0.6 is 0 Å². The summed E-state index contributed by atoms with van der Waals surface area (Å²) in [5.41, 5.74) is 1.15. The highest BCUT2D eigenvalue weighted by molar-refractivity contribution is 5.19. The number of nitrogens with one attached hydrogen (secondary N) is 1. The molecule has 1 N–H and O–H groups in total. The van der Waals surface area contributed by atoms with Crippen molar-refractivity contribution >= 4 is 0 Å².